The van der Waals surface area contributed by atoms with E-state index < -0.39 is 5.60 Å². The summed E-state index contributed by atoms with van der Waals surface area (Å²) < 4.78 is 0. The Labute approximate surface area is 69.4 Å². The molecule has 0 fully saturated rings. The van der Waals surface area contributed by atoms with Gasteiger partial charge in [0.1, 0.15) is 0 Å². The van der Waals surface area contributed by atoms with Crippen LogP contribution in [0.2, 0.25) is 0 Å². The Bertz CT molecular complexity index is 148. The van der Waals surface area contributed by atoms with E-state index in [9.17, 15) is 5.11 Å². The van der Waals surface area contributed by atoms with Gasteiger partial charge in [-0.2, -0.15) is 0 Å². The van der Waals surface area contributed by atoms with Crippen LogP contribution in [0.25, 0.3) is 0 Å². The van der Waals surface area contributed by atoms with E-state index in [2.05, 4.69) is 13.2 Å². The van der Waals surface area contributed by atoms with Gasteiger partial charge in [0.25, 0.3) is 0 Å². The number of aliphatic hydroxyl groups is 1. The molecule has 0 aromatic carbocycles. The lowest BCUT2D eigenvalue weighted by atomic mass is 9.92. The maximum Gasteiger partial charge on any atom is 0.0693 e. The first-order valence-electron chi connectivity index (χ1n) is 3.84. The molecule has 0 aliphatic rings. The Morgan fingerprint density at radius 3 is 1.64 bits per heavy atom. The van der Waals surface area contributed by atoms with Gasteiger partial charge in [-0.25, -0.2) is 0 Å². The molecule has 0 rings (SSSR count). The van der Waals surface area contributed by atoms with Crippen LogP contribution in [0, 0.1) is 0 Å². The van der Waals surface area contributed by atoms with Crippen molar-refractivity contribution in [2.75, 3.05) is 0 Å². The lowest BCUT2D eigenvalue weighted by Gasteiger charge is -2.23. The maximum absolute atomic E-state index is 9.73. The van der Waals surface area contributed by atoms with Crippen molar-refractivity contribution in [3.63, 3.8) is 0 Å². The first-order chi connectivity index (χ1) is 4.83. The summed E-state index contributed by atoms with van der Waals surface area (Å²) >= 11 is 0. The van der Waals surface area contributed by atoms with Crippen LogP contribution in [-0.4, -0.2) is 10.7 Å². The highest BCUT2D eigenvalue weighted by Gasteiger charge is 2.19. The molecule has 0 aromatic heterocycles. The lowest BCUT2D eigenvalue weighted by molar-refractivity contribution is 0.0611. The van der Waals surface area contributed by atoms with Gasteiger partial charge in [0.2, 0.25) is 0 Å². The van der Waals surface area contributed by atoms with Crippen molar-refractivity contribution in [3.05, 3.63) is 24.3 Å². The van der Waals surface area contributed by atoms with Crippen LogP contribution in [0.3, 0.4) is 0 Å². The minimum Gasteiger partial charge on any atom is -0.390 e. The Morgan fingerprint density at radius 1 is 1.18 bits per heavy atom. The van der Waals surface area contributed by atoms with Gasteiger partial charge < -0.3 is 5.11 Å². The Hall–Kier alpha value is -0.560. The molecule has 1 N–H and O–H groups in total. The van der Waals surface area contributed by atoms with Gasteiger partial charge in [0.15, 0.2) is 0 Å². The minimum absolute atomic E-state index is 0.653. The topological polar surface area (TPSA) is 20.2 Å². The van der Waals surface area contributed by atoms with Crippen molar-refractivity contribution >= 4 is 0 Å². The van der Waals surface area contributed by atoms with Gasteiger partial charge in [0, 0.05) is 0 Å². The molecule has 0 bridgehead atoms. The van der Waals surface area contributed by atoms with Crippen LogP contribution in [0.15, 0.2) is 24.3 Å². The highest BCUT2D eigenvalue weighted by Crippen LogP contribution is 2.21. The van der Waals surface area contributed by atoms with Crippen LogP contribution in [0.5, 0.6) is 0 Å². The Morgan fingerprint density at radius 2 is 1.45 bits per heavy atom. The van der Waals surface area contributed by atoms with Crippen molar-refractivity contribution in [1.82, 2.24) is 0 Å². The SMILES string of the molecule is C=C(C)CC(C)(O)CC(=C)C. The molecule has 0 saturated carbocycles. The van der Waals surface area contributed by atoms with Crippen molar-refractivity contribution in [3.8, 4) is 0 Å². The molecule has 0 radical (unpaired) electrons. The van der Waals surface area contributed by atoms with Gasteiger partial charge >= 0.3 is 0 Å². The van der Waals surface area contributed by atoms with E-state index in [0.717, 1.165) is 11.1 Å². The van der Waals surface area contributed by atoms with Crippen LogP contribution < -0.4 is 0 Å². The standard InChI is InChI=1S/C10H18O/c1-8(2)6-10(5,11)7-9(3)4/h11H,1,3,6-7H2,2,4-5H3. The van der Waals surface area contributed by atoms with Crippen LogP contribution in [0.1, 0.15) is 33.6 Å². The van der Waals surface area contributed by atoms with E-state index in [1.165, 1.54) is 0 Å². The fourth-order valence-corrected chi connectivity index (χ4v) is 1.36. The third-order valence-corrected chi connectivity index (χ3v) is 1.37. The van der Waals surface area contributed by atoms with Gasteiger partial charge in [0.05, 0.1) is 5.60 Å². The second-order valence-corrected chi connectivity index (χ2v) is 3.76. The zero-order valence-corrected chi connectivity index (χ0v) is 7.78. The molecule has 0 unspecified atom stereocenters. The molecule has 0 aliphatic carbocycles. The molecular weight excluding hydrogens is 136 g/mol. The summed E-state index contributed by atoms with van der Waals surface area (Å²) in [5, 5.41) is 9.73. The maximum atomic E-state index is 9.73. The highest BCUT2D eigenvalue weighted by molar-refractivity contribution is 5.02. The number of hydrogen-bond donors (Lipinski definition) is 1. The molecule has 1 heteroatoms. The van der Waals surface area contributed by atoms with E-state index >= 15 is 0 Å². The monoisotopic (exact) mass is 154 g/mol. The van der Waals surface area contributed by atoms with Gasteiger partial charge in [-0.1, -0.05) is 11.1 Å². The molecule has 0 heterocycles. The van der Waals surface area contributed by atoms with E-state index in [-0.39, 0.29) is 0 Å². The normalized spacial score (nSPS) is 11.3. The summed E-state index contributed by atoms with van der Waals surface area (Å²) in [6, 6.07) is 0. The summed E-state index contributed by atoms with van der Waals surface area (Å²) in [6.45, 7) is 13.2. The van der Waals surface area contributed by atoms with Crippen LogP contribution in [-0.2, 0) is 0 Å². The molecule has 11 heavy (non-hydrogen) atoms. The molecule has 0 aromatic rings. The summed E-state index contributed by atoms with van der Waals surface area (Å²) in [4.78, 5) is 0. The predicted molar refractivity (Wildman–Crippen MR) is 49.5 cm³/mol. The smallest absolute Gasteiger partial charge is 0.0693 e. The lowest BCUT2D eigenvalue weighted by Crippen LogP contribution is -2.24. The van der Waals surface area contributed by atoms with Gasteiger partial charge in [-0.15, -0.1) is 13.2 Å². The molecule has 0 atom stereocenters. The molecule has 64 valence electrons. The van der Waals surface area contributed by atoms with Crippen molar-refractivity contribution in [2.45, 2.75) is 39.2 Å². The number of hydrogen-bond acceptors (Lipinski definition) is 1. The van der Waals surface area contributed by atoms with Crippen LogP contribution in [0.4, 0.5) is 0 Å². The third kappa shape index (κ3) is 5.86. The molecule has 0 spiro atoms. The van der Waals surface area contributed by atoms with Crippen molar-refractivity contribution in [2.24, 2.45) is 0 Å². The fourth-order valence-electron chi connectivity index (χ4n) is 1.36. The van der Waals surface area contributed by atoms with Gasteiger partial charge in [-0.05, 0) is 33.6 Å². The predicted octanol–water partition coefficient (Wildman–Crippen LogP) is 2.67. The molecule has 0 saturated heterocycles. The Kier molecular flexibility index (Phi) is 3.53. The average Bonchev–Trinajstić information content (AvgIpc) is 1.53. The highest BCUT2D eigenvalue weighted by atomic mass is 16.3. The first-order valence-corrected chi connectivity index (χ1v) is 3.84. The van der Waals surface area contributed by atoms with E-state index in [1.54, 1.807) is 0 Å². The quantitative estimate of drug-likeness (QED) is 0.617. The Balaban J connectivity index is 3.99. The van der Waals surface area contributed by atoms with Crippen LogP contribution >= 0.6 is 0 Å². The second-order valence-electron chi connectivity index (χ2n) is 3.76. The average molecular weight is 154 g/mol. The zero-order chi connectivity index (χ0) is 9.07. The zero-order valence-electron chi connectivity index (χ0n) is 7.78. The first kappa shape index (κ1) is 10.4. The summed E-state index contributed by atoms with van der Waals surface area (Å²) in [5.41, 5.74) is 1.37. The second kappa shape index (κ2) is 3.72. The largest absolute Gasteiger partial charge is 0.390 e. The summed E-state index contributed by atoms with van der Waals surface area (Å²) in [5.74, 6) is 0. The minimum atomic E-state index is -0.655. The van der Waals surface area contributed by atoms with Crippen molar-refractivity contribution in [1.29, 1.82) is 0 Å². The molecule has 0 amide bonds. The van der Waals surface area contributed by atoms with E-state index in [4.69, 9.17) is 0 Å². The van der Waals surface area contributed by atoms with Gasteiger partial charge in [-0.3, -0.25) is 0 Å². The molecule has 0 aliphatic heterocycles. The number of rotatable bonds is 4. The molecular formula is C10H18O. The summed E-state index contributed by atoms with van der Waals surface area (Å²) in [6.07, 6.45) is 1.31. The molecule has 1 nitrogen and oxygen atoms in total. The van der Waals surface area contributed by atoms with E-state index in [1.807, 2.05) is 20.8 Å². The fraction of sp³-hybridized carbons (Fsp3) is 0.600. The third-order valence-electron chi connectivity index (χ3n) is 1.37. The summed E-state index contributed by atoms with van der Waals surface area (Å²) in [7, 11) is 0. The van der Waals surface area contributed by atoms with E-state index in [0.29, 0.717) is 12.8 Å². The van der Waals surface area contributed by atoms with Crippen molar-refractivity contribution < 1.29 is 5.11 Å².